The Morgan fingerprint density at radius 2 is 2.12 bits per heavy atom. The van der Waals surface area contributed by atoms with Gasteiger partial charge in [0, 0.05) is 23.5 Å². The molecule has 3 atom stereocenters. The van der Waals surface area contributed by atoms with Gasteiger partial charge in [0.25, 0.3) is 0 Å². The van der Waals surface area contributed by atoms with Gasteiger partial charge in [0.05, 0.1) is 0 Å². The van der Waals surface area contributed by atoms with Crippen molar-refractivity contribution in [1.82, 2.24) is 10.6 Å². The van der Waals surface area contributed by atoms with E-state index in [1.807, 2.05) is 32.1 Å². The second-order valence-electron chi connectivity index (χ2n) is 7.89. The zero-order valence-corrected chi connectivity index (χ0v) is 16.2. The third-order valence-corrected chi connectivity index (χ3v) is 5.30. The molecule has 1 aromatic heterocycles. The molecular formula is C19H32N2O2S. The lowest BCUT2D eigenvalue weighted by molar-refractivity contribution is 0.0510. The van der Waals surface area contributed by atoms with E-state index in [0.717, 1.165) is 6.42 Å². The average Bonchev–Trinajstić information content (AvgIpc) is 2.97. The van der Waals surface area contributed by atoms with Gasteiger partial charge in [-0.1, -0.05) is 18.9 Å². The van der Waals surface area contributed by atoms with Crippen molar-refractivity contribution in [2.24, 2.45) is 5.92 Å². The summed E-state index contributed by atoms with van der Waals surface area (Å²) in [7, 11) is 0. The van der Waals surface area contributed by atoms with Crippen molar-refractivity contribution >= 4 is 17.4 Å². The van der Waals surface area contributed by atoms with E-state index in [-0.39, 0.29) is 6.09 Å². The predicted molar refractivity (Wildman–Crippen MR) is 101 cm³/mol. The lowest BCUT2D eigenvalue weighted by Gasteiger charge is -2.34. The minimum absolute atomic E-state index is 0.307. The summed E-state index contributed by atoms with van der Waals surface area (Å²) in [5.41, 5.74) is -0.441. The normalized spacial score (nSPS) is 22.8. The van der Waals surface area contributed by atoms with E-state index >= 15 is 0 Å². The molecule has 1 amide bonds. The standard InChI is InChI=1S/C19H32N2O2S/c1-14(12-16-9-7-11-24-16)21-17-10-6-5-8-15(17)13-20-18(22)23-19(2,3)4/h7,9,11,14-15,17,21H,5-6,8,10,12-13H2,1-4H3,(H,20,22). The number of hydrogen-bond donors (Lipinski definition) is 2. The van der Waals surface area contributed by atoms with Gasteiger partial charge in [-0.3, -0.25) is 0 Å². The highest BCUT2D eigenvalue weighted by atomic mass is 32.1. The van der Waals surface area contributed by atoms with Gasteiger partial charge < -0.3 is 15.4 Å². The molecule has 0 spiro atoms. The Labute approximate surface area is 150 Å². The fourth-order valence-corrected chi connectivity index (χ4v) is 4.19. The number of rotatable bonds is 6. The van der Waals surface area contributed by atoms with Crippen molar-refractivity contribution in [3.63, 3.8) is 0 Å². The van der Waals surface area contributed by atoms with Gasteiger partial charge in [-0.25, -0.2) is 4.79 Å². The summed E-state index contributed by atoms with van der Waals surface area (Å²) in [6.45, 7) is 8.63. The molecule has 1 aliphatic carbocycles. The maximum Gasteiger partial charge on any atom is 0.407 e. The lowest BCUT2D eigenvalue weighted by atomic mass is 9.84. The Bertz CT molecular complexity index is 496. The van der Waals surface area contributed by atoms with Crippen LogP contribution in [0, 0.1) is 5.92 Å². The predicted octanol–water partition coefficient (Wildman–Crippen LogP) is 4.35. The first-order valence-corrected chi connectivity index (χ1v) is 9.97. The van der Waals surface area contributed by atoms with E-state index < -0.39 is 5.60 Å². The fourth-order valence-electron chi connectivity index (χ4n) is 3.35. The van der Waals surface area contributed by atoms with Crippen LogP contribution in [-0.4, -0.2) is 30.3 Å². The van der Waals surface area contributed by atoms with Crippen molar-refractivity contribution in [2.75, 3.05) is 6.54 Å². The van der Waals surface area contributed by atoms with Crippen LogP contribution in [0.1, 0.15) is 58.3 Å². The van der Waals surface area contributed by atoms with E-state index in [0.29, 0.717) is 24.5 Å². The van der Waals surface area contributed by atoms with E-state index in [4.69, 9.17) is 4.74 Å². The molecule has 3 unspecified atom stereocenters. The van der Waals surface area contributed by atoms with Gasteiger partial charge in [-0.15, -0.1) is 11.3 Å². The Hall–Kier alpha value is -1.07. The zero-order valence-electron chi connectivity index (χ0n) is 15.4. The molecule has 0 aromatic carbocycles. The quantitative estimate of drug-likeness (QED) is 0.800. The van der Waals surface area contributed by atoms with Gasteiger partial charge in [-0.05, 0) is 64.3 Å². The van der Waals surface area contributed by atoms with Crippen molar-refractivity contribution in [3.8, 4) is 0 Å². The zero-order chi connectivity index (χ0) is 17.6. The SMILES string of the molecule is CC(Cc1cccs1)NC1CCCCC1CNC(=O)OC(C)(C)C. The number of amides is 1. The molecule has 0 saturated heterocycles. The Morgan fingerprint density at radius 1 is 1.38 bits per heavy atom. The molecule has 24 heavy (non-hydrogen) atoms. The number of ether oxygens (including phenoxy) is 1. The first-order valence-electron chi connectivity index (χ1n) is 9.09. The van der Waals surface area contributed by atoms with Crippen molar-refractivity contribution in [2.45, 2.75) is 77.5 Å². The van der Waals surface area contributed by atoms with E-state index in [2.05, 4.69) is 35.1 Å². The number of carbonyl (C=O) groups excluding carboxylic acids is 1. The number of alkyl carbamates (subject to hydrolysis) is 1. The van der Waals surface area contributed by atoms with Crippen molar-refractivity contribution < 1.29 is 9.53 Å². The summed E-state index contributed by atoms with van der Waals surface area (Å²) >= 11 is 1.82. The Kier molecular flexibility index (Phi) is 7.11. The second-order valence-corrected chi connectivity index (χ2v) is 8.92. The van der Waals surface area contributed by atoms with Crippen LogP contribution in [0.2, 0.25) is 0 Å². The maximum atomic E-state index is 11.9. The second kappa shape index (κ2) is 8.86. The van der Waals surface area contributed by atoms with Gasteiger partial charge in [0.2, 0.25) is 0 Å². The minimum atomic E-state index is -0.441. The van der Waals surface area contributed by atoms with Crippen LogP contribution in [0.4, 0.5) is 4.79 Å². The first kappa shape index (κ1) is 19.3. The Balaban J connectivity index is 1.80. The third-order valence-electron chi connectivity index (χ3n) is 4.40. The smallest absolute Gasteiger partial charge is 0.407 e. The van der Waals surface area contributed by atoms with Gasteiger partial charge in [0.15, 0.2) is 0 Å². The third kappa shape index (κ3) is 6.81. The van der Waals surface area contributed by atoms with Crippen LogP contribution in [-0.2, 0) is 11.2 Å². The summed E-state index contributed by atoms with van der Waals surface area (Å²) < 4.78 is 5.35. The van der Waals surface area contributed by atoms with Gasteiger partial charge >= 0.3 is 6.09 Å². The lowest BCUT2D eigenvalue weighted by Crippen LogP contribution is -2.48. The van der Waals surface area contributed by atoms with Crippen LogP contribution >= 0.6 is 11.3 Å². The fraction of sp³-hybridized carbons (Fsp3) is 0.737. The summed E-state index contributed by atoms with van der Waals surface area (Å²) in [4.78, 5) is 13.3. The number of thiophene rings is 1. The molecule has 1 saturated carbocycles. The van der Waals surface area contributed by atoms with Crippen LogP contribution in [0.15, 0.2) is 17.5 Å². The summed E-state index contributed by atoms with van der Waals surface area (Å²) in [5.74, 6) is 0.483. The Morgan fingerprint density at radius 3 is 2.79 bits per heavy atom. The maximum absolute atomic E-state index is 11.9. The molecule has 1 fully saturated rings. The van der Waals surface area contributed by atoms with E-state index in [1.54, 1.807) is 0 Å². The van der Waals surface area contributed by atoms with Crippen LogP contribution in [0.5, 0.6) is 0 Å². The monoisotopic (exact) mass is 352 g/mol. The summed E-state index contributed by atoms with van der Waals surface area (Å²) in [6.07, 6.45) is 5.64. The molecule has 2 N–H and O–H groups in total. The molecule has 0 aliphatic heterocycles. The van der Waals surface area contributed by atoms with Crippen molar-refractivity contribution in [1.29, 1.82) is 0 Å². The highest BCUT2D eigenvalue weighted by Gasteiger charge is 2.27. The first-order chi connectivity index (χ1) is 11.3. The minimum Gasteiger partial charge on any atom is -0.444 e. The van der Waals surface area contributed by atoms with Crippen LogP contribution in [0.25, 0.3) is 0 Å². The van der Waals surface area contributed by atoms with Crippen LogP contribution in [0.3, 0.4) is 0 Å². The number of hydrogen-bond acceptors (Lipinski definition) is 4. The molecule has 1 aromatic rings. The molecule has 136 valence electrons. The summed E-state index contributed by atoms with van der Waals surface area (Å²) in [5, 5.41) is 8.89. The highest BCUT2D eigenvalue weighted by Crippen LogP contribution is 2.25. The summed E-state index contributed by atoms with van der Waals surface area (Å²) in [6, 6.07) is 5.24. The number of nitrogens with one attached hydrogen (secondary N) is 2. The van der Waals surface area contributed by atoms with E-state index in [9.17, 15) is 4.79 Å². The van der Waals surface area contributed by atoms with Crippen molar-refractivity contribution in [3.05, 3.63) is 22.4 Å². The van der Waals surface area contributed by atoms with Gasteiger partial charge in [0.1, 0.15) is 5.60 Å². The van der Waals surface area contributed by atoms with E-state index in [1.165, 1.54) is 30.6 Å². The number of carbonyl (C=O) groups is 1. The molecular weight excluding hydrogens is 320 g/mol. The largest absolute Gasteiger partial charge is 0.444 e. The molecule has 0 bridgehead atoms. The van der Waals surface area contributed by atoms with Crippen LogP contribution < -0.4 is 10.6 Å². The average molecular weight is 353 g/mol. The molecule has 5 heteroatoms. The topological polar surface area (TPSA) is 50.4 Å². The van der Waals surface area contributed by atoms with Gasteiger partial charge in [-0.2, -0.15) is 0 Å². The molecule has 0 radical (unpaired) electrons. The molecule has 2 rings (SSSR count). The molecule has 4 nitrogen and oxygen atoms in total. The molecule has 1 aliphatic rings. The molecule has 1 heterocycles. The highest BCUT2D eigenvalue weighted by molar-refractivity contribution is 7.09.